The summed E-state index contributed by atoms with van der Waals surface area (Å²) in [6.07, 6.45) is -0.759. The van der Waals surface area contributed by atoms with Crippen molar-refractivity contribution in [1.82, 2.24) is 0 Å². The Hall–Kier alpha value is -0.980. The van der Waals surface area contributed by atoms with E-state index in [-0.39, 0.29) is 37.0 Å². The van der Waals surface area contributed by atoms with Crippen LogP contribution in [0.3, 0.4) is 0 Å². The molecule has 0 N–H and O–H groups in total. The average Bonchev–Trinajstić information content (AvgIpc) is 3.27. The van der Waals surface area contributed by atoms with Crippen LogP contribution in [-0.2, 0) is 23.7 Å². The van der Waals surface area contributed by atoms with Crippen molar-refractivity contribution in [2.24, 2.45) is 0 Å². The van der Waals surface area contributed by atoms with Gasteiger partial charge in [0.2, 0.25) is 0 Å². The van der Waals surface area contributed by atoms with Crippen molar-refractivity contribution in [3.8, 4) is 0 Å². The van der Waals surface area contributed by atoms with Gasteiger partial charge in [-0.2, -0.15) is 0 Å². The van der Waals surface area contributed by atoms with E-state index in [2.05, 4.69) is 0 Å². The van der Waals surface area contributed by atoms with Crippen LogP contribution in [-0.4, -0.2) is 44.4 Å². The highest BCUT2D eigenvalue weighted by molar-refractivity contribution is 5.17. The molecule has 3 fully saturated rings. The maximum Gasteiger partial charge on any atom is 0.186 e. The zero-order valence-corrected chi connectivity index (χ0v) is 10.6. The van der Waals surface area contributed by atoms with Crippen LogP contribution in [0.4, 0.5) is 0 Å². The molecule has 0 spiro atoms. The van der Waals surface area contributed by atoms with Gasteiger partial charge in [-0.25, -0.2) is 0 Å². The average molecular weight is 264 g/mol. The predicted molar refractivity (Wildman–Crippen MR) is 64.3 cm³/mol. The monoisotopic (exact) mass is 264 g/mol. The Balaban J connectivity index is 1.50. The first kappa shape index (κ1) is 11.8. The summed E-state index contributed by atoms with van der Waals surface area (Å²) < 4.78 is 28.4. The van der Waals surface area contributed by atoms with Gasteiger partial charge in [0, 0.05) is 12.7 Å². The Labute approximate surface area is 111 Å². The molecule has 3 aliphatic rings. The van der Waals surface area contributed by atoms with Crippen LogP contribution in [0, 0.1) is 0 Å². The molecule has 0 saturated carbocycles. The molecular weight excluding hydrogens is 248 g/mol. The third kappa shape index (κ3) is 1.98. The first-order valence-corrected chi connectivity index (χ1v) is 6.52. The molecule has 19 heavy (non-hydrogen) atoms. The lowest BCUT2D eigenvalue weighted by atomic mass is 10.0. The highest BCUT2D eigenvalue weighted by Gasteiger charge is 2.60. The maximum absolute atomic E-state index is 6.00. The summed E-state index contributed by atoms with van der Waals surface area (Å²) in [5.74, 6) is 0. The molecule has 3 saturated heterocycles. The van der Waals surface area contributed by atoms with Gasteiger partial charge in [0.25, 0.3) is 0 Å². The second-order valence-electron chi connectivity index (χ2n) is 5.02. The number of benzene rings is 1. The molecule has 5 heteroatoms. The van der Waals surface area contributed by atoms with E-state index >= 15 is 0 Å². The Morgan fingerprint density at radius 3 is 2.63 bits per heavy atom. The SMILES string of the molecule is CO[C@@H]1O[C@@H]2CO[C@H](c3ccccc3)O[C@@H]2[C@H]2O[C@H]12. The zero-order chi connectivity index (χ0) is 12.8. The van der Waals surface area contributed by atoms with E-state index in [1.807, 2.05) is 30.3 Å². The molecule has 5 nitrogen and oxygen atoms in total. The fourth-order valence-corrected chi connectivity index (χ4v) is 2.80. The van der Waals surface area contributed by atoms with Crippen LogP contribution in [0.1, 0.15) is 11.9 Å². The topological polar surface area (TPSA) is 49.5 Å². The van der Waals surface area contributed by atoms with Crippen LogP contribution >= 0.6 is 0 Å². The minimum atomic E-state index is -0.338. The zero-order valence-electron chi connectivity index (χ0n) is 10.6. The minimum absolute atomic E-state index is 0.000716. The second-order valence-corrected chi connectivity index (χ2v) is 5.02. The van der Waals surface area contributed by atoms with E-state index in [9.17, 15) is 0 Å². The molecule has 4 rings (SSSR count). The highest BCUT2D eigenvalue weighted by atomic mass is 16.8. The van der Waals surface area contributed by atoms with Gasteiger partial charge in [-0.3, -0.25) is 0 Å². The van der Waals surface area contributed by atoms with Crippen molar-refractivity contribution < 1.29 is 23.7 Å². The molecule has 6 atom stereocenters. The van der Waals surface area contributed by atoms with Gasteiger partial charge >= 0.3 is 0 Å². The number of hydrogen-bond donors (Lipinski definition) is 0. The first-order chi connectivity index (χ1) is 9.36. The summed E-state index contributed by atoms with van der Waals surface area (Å²) in [7, 11) is 1.63. The lowest BCUT2D eigenvalue weighted by Crippen LogP contribution is -2.52. The van der Waals surface area contributed by atoms with E-state index in [1.165, 1.54) is 0 Å². The fraction of sp³-hybridized carbons (Fsp3) is 0.571. The molecule has 3 aliphatic heterocycles. The van der Waals surface area contributed by atoms with Gasteiger partial charge in [0.1, 0.15) is 24.4 Å². The van der Waals surface area contributed by atoms with E-state index in [0.29, 0.717) is 6.61 Å². The molecule has 102 valence electrons. The Morgan fingerprint density at radius 1 is 1.00 bits per heavy atom. The third-order valence-corrected chi connectivity index (χ3v) is 3.83. The Bertz CT molecular complexity index is 450. The van der Waals surface area contributed by atoms with Gasteiger partial charge < -0.3 is 23.7 Å². The quantitative estimate of drug-likeness (QED) is 0.752. The summed E-state index contributed by atoms with van der Waals surface area (Å²) in [6.45, 7) is 0.497. The Kier molecular flexibility index (Phi) is 2.82. The van der Waals surface area contributed by atoms with E-state index < -0.39 is 0 Å². The van der Waals surface area contributed by atoms with Gasteiger partial charge in [-0.1, -0.05) is 30.3 Å². The smallest absolute Gasteiger partial charge is 0.186 e. The maximum atomic E-state index is 6.00. The van der Waals surface area contributed by atoms with Gasteiger partial charge in [0.15, 0.2) is 12.6 Å². The van der Waals surface area contributed by atoms with Gasteiger partial charge in [-0.05, 0) is 0 Å². The summed E-state index contributed by atoms with van der Waals surface area (Å²) in [4.78, 5) is 0. The van der Waals surface area contributed by atoms with E-state index in [4.69, 9.17) is 23.7 Å². The van der Waals surface area contributed by atoms with Crippen LogP contribution in [0.5, 0.6) is 0 Å². The molecule has 1 aromatic rings. The molecule has 0 unspecified atom stereocenters. The van der Waals surface area contributed by atoms with Crippen LogP contribution < -0.4 is 0 Å². The van der Waals surface area contributed by atoms with Crippen molar-refractivity contribution in [3.63, 3.8) is 0 Å². The fourth-order valence-electron chi connectivity index (χ4n) is 2.80. The predicted octanol–water partition coefficient (Wildman–Crippen LogP) is 1.24. The molecule has 0 aromatic heterocycles. The summed E-state index contributed by atoms with van der Waals surface area (Å²) >= 11 is 0. The van der Waals surface area contributed by atoms with Crippen molar-refractivity contribution in [2.45, 2.75) is 37.0 Å². The normalized spacial score (nSPS) is 44.3. The largest absolute Gasteiger partial charge is 0.361 e. The molecule has 0 amide bonds. The van der Waals surface area contributed by atoms with E-state index in [0.717, 1.165) is 5.56 Å². The highest BCUT2D eigenvalue weighted by Crippen LogP contribution is 2.43. The molecule has 0 radical (unpaired) electrons. The number of methoxy groups -OCH3 is 1. The van der Waals surface area contributed by atoms with Crippen molar-refractivity contribution in [3.05, 3.63) is 35.9 Å². The third-order valence-electron chi connectivity index (χ3n) is 3.83. The standard InChI is InChI=1S/C14H16O5/c1-15-14-12-11(18-12)10-9(17-14)7-16-13(19-10)8-5-3-2-4-6-8/h2-6,9-14H,7H2,1H3/t9-,10+,11-,12+,13+,14-/m1/s1. The van der Waals surface area contributed by atoms with Gasteiger partial charge in [-0.15, -0.1) is 0 Å². The Morgan fingerprint density at radius 2 is 1.84 bits per heavy atom. The lowest BCUT2D eigenvalue weighted by molar-refractivity contribution is -0.304. The number of ether oxygens (including phenoxy) is 5. The van der Waals surface area contributed by atoms with Crippen LogP contribution in [0.25, 0.3) is 0 Å². The second kappa shape index (κ2) is 4.54. The first-order valence-electron chi connectivity index (χ1n) is 6.52. The van der Waals surface area contributed by atoms with Gasteiger partial charge in [0.05, 0.1) is 6.61 Å². The summed E-state index contributed by atoms with van der Waals surface area (Å²) in [6, 6.07) is 9.92. The molecule has 3 heterocycles. The van der Waals surface area contributed by atoms with Crippen LogP contribution in [0.2, 0.25) is 0 Å². The molecule has 0 aliphatic carbocycles. The number of hydrogen-bond acceptors (Lipinski definition) is 5. The van der Waals surface area contributed by atoms with Crippen molar-refractivity contribution in [1.29, 1.82) is 0 Å². The molecule has 0 bridgehead atoms. The number of epoxide rings is 1. The number of rotatable bonds is 2. The van der Waals surface area contributed by atoms with E-state index in [1.54, 1.807) is 7.11 Å². The molecular formula is C14H16O5. The summed E-state index contributed by atoms with van der Waals surface area (Å²) in [5.41, 5.74) is 1.02. The number of fused-ring (bicyclic) bond motifs is 3. The van der Waals surface area contributed by atoms with Crippen molar-refractivity contribution >= 4 is 0 Å². The molecule has 1 aromatic carbocycles. The van der Waals surface area contributed by atoms with Crippen LogP contribution in [0.15, 0.2) is 30.3 Å². The summed E-state index contributed by atoms with van der Waals surface area (Å²) in [5, 5.41) is 0. The lowest BCUT2D eigenvalue weighted by Gasteiger charge is -2.39. The van der Waals surface area contributed by atoms with Crippen molar-refractivity contribution in [2.75, 3.05) is 13.7 Å². The minimum Gasteiger partial charge on any atom is -0.361 e.